The molecule has 1 aromatic rings. The summed E-state index contributed by atoms with van der Waals surface area (Å²) in [6, 6.07) is 5.03. The number of nitrogens with zero attached hydrogens (tertiary/aromatic N) is 2. The van der Waals surface area contributed by atoms with Gasteiger partial charge in [-0.05, 0) is 32.3 Å². The van der Waals surface area contributed by atoms with Crippen molar-refractivity contribution < 1.29 is 14.5 Å². The van der Waals surface area contributed by atoms with Gasteiger partial charge in [-0.15, -0.1) is 0 Å². The molecular formula is C17H25N3O4. The minimum atomic E-state index is -0.697. The molecule has 24 heavy (non-hydrogen) atoms. The van der Waals surface area contributed by atoms with Crippen LogP contribution in [0.15, 0.2) is 24.3 Å². The Hall–Kier alpha value is -2.44. The molecule has 7 nitrogen and oxygen atoms in total. The normalized spacial score (nSPS) is 11.9. The maximum atomic E-state index is 12.6. The summed E-state index contributed by atoms with van der Waals surface area (Å²) in [5.41, 5.74) is -0.308. The number of rotatable bonds is 8. The fourth-order valence-electron chi connectivity index (χ4n) is 2.51. The highest BCUT2D eigenvalue weighted by Gasteiger charge is 2.28. The summed E-state index contributed by atoms with van der Waals surface area (Å²) in [6.07, 6.45) is 0.474. The number of para-hydroxylation sites is 1. The predicted molar refractivity (Wildman–Crippen MR) is 91.7 cm³/mol. The second kappa shape index (κ2) is 9.00. The third kappa shape index (κ3) is 5.04. The molecule has 7 heteroatoms. The number of hydrogen-bond acceptors (Lipinski definition) is 4. The lowest BCUT2D eigenvalue weighted by Crippen LogP contribution is -2.49. The quantitative estimate of drug-likeness (QED) is 0.584. The highest BCUT2D eigenvalue weighted by Crippen LogP contribution is 2.18. The van der Waals surface area contributed by atoms with E-state index in [4.69, 9.17) is 0 Å². The Balaban J connectivity index is 3.04. The van der Waals surface area contributed by atoms with E-state index < -0.39 is 16.9 Å². The third-order valence-electron chi connectivity index (χ3n) is 3.73. The van der Waals surface area contributed by atoms with Crippen LogP contribution in [0.1, 0.15) is 44.5 Å². The smallest absolute Gasteiger partial charge is 0.282 e. The van der Waals surface area contributed by atoms with Gasteiger partial charge in [0.2, 0.25) is 5.91 Å². The first-order valence-corrected chi connectivity index (χ1v) is 8.14. The average molecular weight is 335 g/mol. The molecule has 0 saturated heterocycles. The van der Waals surface area contributed by atoms with E-state index in [-0.39, 0.29) is 23.1 Å². The van der Waals surface area contributed by atoms with Crippen LogP contribution in [0.2, 0.25) is 0 Å². The van der Waals surface area contributed by atoms with Gasteiger partial charge in [0, 0.05) is 19.2 Å². The number of nitro benzene ring substituents is 1. The molecule has 0 unspecified atom stereocenters. The molecule has 1 atom stereocenters. The van der Waals surface area contributed by atoms with Gasteiger partial charge in [0.15, 0.2) is 0 Å². The Bertz CT molecular complexity index is 597. The summed E-state index contributed by atoms with van der Waals surface area (Å²) >= 11 is 0. The van der Waals surface area contributed by atoms with E-state index >= 15 is 0 Å². The van der Waals surface area contributed by atoms with Gasteiger partial charge in [-0.25, -0.2) is 0 Å². The maximum Gasteiger partial charge on any atom is 0.282 e. The first kappa shape index (κ1) is 19.6. The zero-order chi connectivity index (χ0) is 18.3. The van der Waals surface area contributed by atoms with Crippen LogP contribution >= 0.6 is 0 Å². The lowest BCUT2D eigenvalue weighted by Gasteiger charge is -2.27. The first-order chi connectivity index (χ1) is 11.3. The predicted octanol–water partition coefficient (Wildman–Crippen LogP) is 2.61. The molecule has 1 rings (SSSR count). The molecule has 1 N–H and O–H groups in total. The number of carbonyl (C=O) groups excluding carboxylic acids is 2. The van der Waals surface area contributed by atoms with Crippen molar-refractivity contribution >= 4 is 17.5 Å². The van der Waals surface area contributed by atoms with Gasteiger partial charge in [-0.3, -0.25) is 19.7 Å². The van der Waals surface area contributed by atoms with Crippen LogP contribution in [0.3, 0.4) is 0 Å². The summed E-state index contributed by atoms with van der Waals surface area (Å²) in [4.78, 5) is 37.2. The monoisotopic (exact) mass is 335 g/mol. The summed E-state index contributed by atoms with van der Waals surface area (Å²) in [5, 5.41) is 13.7. The van der Waals surface area contributed by atoms with Crippen molar-refractivity contribution in [1.29, 1.82) is 0 Å². The van der Waals surface area contributed by atoms with Crippen LogP contribution in [0, 0.1) is 16.0 Å². The Kier molecular flexibility index (Phi) is 7.35. The maximum absolute atomic E-state index is 12.6. The molecule has 0 saturated carbocycles. The molecule has 0 aliphatic rings. The number of carbonyl (C=O) groups is 2. The number of nitrogens with one attached hydrogen (secondary N) is 1. The summed E-state index contributed by atoms with van der Waals surface area (Å²) in [6.45, 7) is 8.76. The number of nitro groups is 1. The van der Waals surface area contributed by atoms with E-state index in [2.05, 4.69) is 5.32 Å². The Morgan fingerprint density at radius 2 is 1.79 bits per heavy atom. The molecule has 1 aromatic carbocycles. The highest BCUT2D eigenvalue weighted by atomic mass is 16.6. The van der Waals surface area contributed by atoms with Crippen LogP contribution in [-0.4, -0.2) is 40.8 Å². The van der Waals surface area contributed by atoms with Crippen LogP contribution in [-0.2, 0) is 4.79 Å². The lowest BCUT2D eigenvalue weighted by atomic mass is 10.0. The van der Waals surface area contributed by atoms with Gasteiger partial charge < -0.3 is 10.2 Å². The lowest BCUT2D eigenvalue weighted by molar-refractivity contribution is -0.385. The van der Waals surface area contributed by atoms with Crippen LogP contribution < -0.4 is 5.32 Å². The SMILES string of the molecule is CCN(CC)C(=O)[C@H](CC(C)C)NC(=O)c1ccccc1[N+](=O)[O-]. The van der Waals surface area contributed by atoms with Gasteiger partial charge in [-0.2, -0.15) is 0 Å². The fourth-order valence-corrected chi connectivity index (χ4v) is 2.51. The molecule has 0 spiro atoms. The van der Waals surface area contributed by atoms with Crippen molar-refractivity contribution in [2.75, 3.05) is 13.1 Å². The van der Waals surface area contributed by atoms with Gasteiger partial charge in [0.05, 0.1) is 4.92 Å². The van der Waals surface area contributed by atoms with E-state index in [1.54, 1.807) is 11.0 Å². The van der Waals surface area contributed by atoms with Crippen molar-refractivity contribution in [1.82, 2.24) is 10.2 Å². The van der Waals surface area contributed by atoms with Gasteiger partial charge in [-0.1, -0.05) is 26.0 Å². The number of hydrogen-bond donors (Lipinski definition) is 1. The molecule has 2 amide bonds. The largest absolute Gasteiger partial charge is 0.341 e. The molecule has 0 fully saturated rings. The molecule has 0 aromatic heterocycles. The van der Waals surface area contributed by atoms with Gasteiger partial charge in [0.1, 0.15) is 11.6 Å². The standard InChI is InChI=1S/C17H25N3O4/c1-5-19(6-2)17(22)14(11-12(3)4)18-16(21)13-9-7-8-10-15(13)20(23)24/h7-10,12,14H,5-6,11H2,1-4H3,(H,18,21)/t14-/m0/s1. The van der Waals surface area contributed by atoms with E-state index in [1.807, 2.05) is 27.7 Å². The van der Waals surface area contributed by atoms with Crippen molar-refractivity contribution in [2.24, 2.45) is 5.92 Å². The zero-order valence-corrected chi connectivity index (χ0v) is 14.6. The van der Waals surface area contributed by atoms with Gasteiger partial charge >= 0.3 is 0 Å². The van der Waals surface area contributed by atoms with Crippen molar-refractivity contribution in [2.45, 2.75) is 40.2 Å². The second-order valence-corrected chi connectivity index (χ2v) is 5.94. The van der Waals surface area contributed by atoms with Crippen molar-refractivity contribution in [3.63, 3.8) is 0 Å². The molecule has 0 radical (unpaired) electrons. The Labute approximate surface area is 142 Å². The van der Waals surface area contributed by atoms with Gasteiger partial charge in [0.25, 0.3) is 11.6 Å². The molecule has 0 aliphatic heterocycles. The molecule has 132 valence electrons. The third-order valence-corrected chi connectivity index (χ3v) is 3.73. The van der Waals surface area contributed by atoms with E-state index in [9.17, 15) is 19.7 Å². The van der Waals surface area contributed by atoms with Crippen molar-refractivity contribution in [3.8, 4) is 0 Å². The Morgan fingerprint density at radius 3 is 2.29 bits per heavy atom. The summed E-state index contributed by atoms with van der Waals surface area (Å²) in [7, 11) is 0. The number of benzene rings is 1. The first-order valence-electron chi connectivity index (χ1n) is 8.14. The van der Waals surface area contributed by atoms with Crippen molar-refractivity contribution in [3.05, 3.63) is 39.9 Å². The fraction of sp³-hybridized carbons (Fsp3) is 0.529. The average Bonchev–Trinajstić information content (AvgIpc) is 2.54. The Morgan fingerprint density at radius 1 is 1.21 bits per heavy atom. The van der Waals surface area contributed by atoms with E-state index in [0.717, 1.165) is 0 Å². The number of amides is 2. The second-order valence-electron chi connectivity index (χ2n) is 5.94. The van der Waals surface area contributed by atoms with Crippen LogP contribution in [0.5, 0.6) is 0 Å². The summed E-state index contributed by atoms with van der Waals surface area (Å²) < 4.78 is 0. The van der Waals surface area contributed by atoms with Crippen LogP contribution in [0.25, 0.3) is 0 Å². The topological polar surface area (TPSA) is 92.6 Å². The minimum Gasteiger partial charge on any atom is -0.341 e. The number of likely N-dealkylation sites (N-methyl/N-ethyl adjacent to an activating group) is 1. The van der Waals surface area contributed by atoms with E-state index in [1.165, 1.54) is 18.2 Å². The summed E-state index contributed by atoms with van der Waals surface area (Å²) in [5.74, 6) is -0.574. The molecule has 0 bridgehead atoms. The molecule has 0 aliphatic carbocycles. The van der Waals surface area contributed by atoms with Crippen LogP contribution in [0.4, 0.5) is 5.69 Å². The molecular weight excluding hydrogens is 310 g/mol. The molecule has 0 heterocycles. The highest BCUT2D eigenvalue weighted by molar-refractivity contribution is 6.00. The zero-order valence-electron chi connectivity index (χ0n) is 14.6. The van der Waals surface area contributed by atoms with E-state index in [0.29, 0.717) is 19.5 Å². The minimum absolute atomic E-state index is 0.0383.